The number of benzene rings is 2. The van der Waals surface area contributed by atoms with Gasteiger partial charge in [-0.25, -0.2) is 0 Å². The maximum absolute atomic E-state index is 5.90. The molecule has 0 amide bonds. The van der Waals surface area contributed by atoms with Gasteiger partial charge in [0.25, 0.3) is 0 Å². The van der Waals surface area contributed by atoms with E-state index in [2.05, 4.69) is 15.9 Å². The average Bonchev–Trinajstić information content (AvgIpc) is 2.31. The summed E-state index contributed by atoms with van der Waals surface area (Å²) in [5, 5.41) is 1.03. The smallest absolute Gasteiger partial charge is 0.121 e. The third kappa shape index (κ3) is 3.63. The van der Waals surface area contributed by atoms with Crippen LogP contribution in [0.1, 0.15) is 5.56 Å². The van der Waals surface area contributed by atoms with Gasteiger partial charge in [0.2, 0.25) is 0 Å². The van der Waals surface area contributed by atoms with Crippen LogP contribution in [0.5, 0.6) is 5.75 Å². The summed E-state index contributed by atoms with van der Waals surface area (Å²) in [6.07, 6.45) is 0. The Morgan fingerprint density at radius 3 is 2.53 bits per heavy atom. The normalized spacial score (nSPS) is 10.3. The van der Waals surface area contributed by atoms with Crippen molar-refractivity contribution in [2.24, 2.45) is 0 Å². The van der Waals surface area contributed by atoms with Crippen LogP contribution in [-0.4, -0.2) is 0 Å². The molecule has 0 bridgehead atoms. The van der Waals surface area contributed by atoms with Crippen molar-refractivity contribution >= 4 is 39.1 Å². The number of rotatable bonds is 3. The Hall–Kier alpha value is -0.700. The van der Waals surface area contributed by atoms with Gasteiger partial charge in [-0.05, 0) is 29.8 Å². The number of ether oxygens (including phenoxy) is 1. The van der Waals surface area contributed by atoms with Crippen molar-refractivity contribution in [3.05, 3.63) is 62.5 Å². The van der Waals surface area contributed by atoms with Crippen LogP contribution in [0.2, 0.25) is 10.0 Å². The van der Waals surface area contributed by atoms with Gasteiger partial charge >= 0.3 is 0 Å². The first-order chi connectivity index (χ1) is 8.15. The fourth-order valence-electron chi connectivity index (χ4n) is 1.36. The molecule has 4 heteroatoms. The molecule has 0 unspecified atom stereocenters. The third-order valence-corrected chi connectivity index (χ3v) is 3.42. The molecule has 0 saturated carbocycles. The highest BCUT2D eigenvalue weighted by molar-refractivity contribution is 9.10. The molecular weight excluding hydrogens is 323 g/mol. The van der Waals surface area contributed by atoms with Crippen molar-refractivity contribution in [3.63, 3.8) is 0 Å². The Balaban J connectivity index is 2.05. The largest absolute Gasteiger partial charge is 0.489 e. The monoisotopic (exact) mass is 330 g/mol. The minimum absolute atomic E-state index is 0.497. The van der Waals surface area contributed by atoms with Gasteiger partial charge in [-0.15, -0.1) is 0 Å². The second kappa shape index (κ2) is 5.76. The summed E-state index contributed by atoms with van der Waals surface area (Å²) in [5.41, 5.74) is 1.09. The van der Waals surface area contributed by atoms with E-state index < -0.39 is 0 Å². The van der Waals surface area contributed by atoms with Crippen molar-refractivity contribution in [1.29, 1.82) is 0 Å². The zero-order valence-electron chi connectivity index (χ0n) is 8.79. The van der Waals surface area contributed by atoms with Crippen LogP contribution in [-0.2, 0) is 6.61 Å². The molecule has 0 aliphatic carbocycles. The van der Waals surface area contributed by atoms with Gasteiger partial charge in [0.15, 0.2) is 0 Å². The molecule has 0 N–H and O–H groups in total. The van der Waals surface area contributed by atoms with E-state index in [9.17, 15) is 0 Å². The predicted molar refractivity (Wildman–Crippen MR) is 74.9 cm³/mol. The lowest BCUT2D eigenvalue weighted by Gasteiger charge is -2.07. The first-order valence-electron chi connectivity index (χ1n) is 4.97. The Labute approximate surface area is 118 Å². The molecule has 0 atom stereocenters. The Morgan fingerprint density at radius 2 is 1.82 bits per heavy atom. The van der Waals surface area contributed by atoms with Gasteiger partial charge in [-0.1, -0.05) is 51.3 Å². The van der Waals surface area contributed by atoms with Gasteiger partial charge in [-0.2, -0.15) is 0 Å². The molecule has 0 radical (unpaired) electrons. The summed E-state index contributed by atoms with van der Waals surface area (Å²) in [7, 11) is 0. The number of hydrogen-bond acceptors (Lipinski definition) is 1. The summed E-state index contributed by atoms with van der Waals surface area (Å²) in [5.74, 6) is 0.708. The number of halogens is 3. The summed E-state index contributed by atoms with van der Waals surface area (Å²) >= 11 is 15.1. The maximum atomic E-state index is 5.90. The van der Waals surface area contributed by atoms with E-state index in [1.807, 2.05) is 24.3 Å². The van der Waals surface area contributed by atoms with Crippen LogP contribution in [0.3, 0.4) is 0 Å². The molecule has 1 nitrogen and oxygen atoms in total. The molecule has 88 valence electrons. The first-order valence-corrected chi connectivity index (χ1v) is 6.52. The van der Waals surface area contributed by atoms with Crippen LogP contribution in [0.25, 0.3) is 0 Å². The molecular formula is C13H9BrCl2O. The fraction of sp³-hybridized carbons (Fsp3) is 0.0769. The molecule has 0 saturated heterocycles. The second-order valence-corrected chi connectivity index (χ2v) is 5.22. The van der Waals surface area contributed by atoms with Crippen LogP contribution >= 0.6 is 39.1 Å². The molecule has 17 heavy (non-hydrogen) atoms. The predicted octanol–water partition coefficient (Wildman–Crippen LogP) is 5.33. The van der Waals surface area contributed by atoms with E-state index in [0.29, 0.717) is 22.4 Å². The zero-order valence-corrected chi connectivity index (χ0v) is 11.9. The third-order valence-electron chi connectivity index (χ3n) is 2.19. The van der Waals surface area contributed by atoms with Crippen LogP contribution in [0.4, 0.5) is 0 Å². The van der Waals surface area contributed by atoms with Gasteiger partial charge in [-0.3, -0.25) is 0 Å². The summed E-state index contributed by atoms with van der Waals surface area (Å²) in [6, 6.07) is 13.2. The summed E-state index contributed by atoms with van der Waals surface area (Å²) in [4.78, 5) is 0. The lowest BCUT2D eigenvalue weighted by Crippen LogP contribution is -1.95. The topological polar surface area (TPSA) is 9.23 Å². The van der Waals surface area contributed by atoms with Crippen molar-refractivity contribution in [3.8, 4) is 5.75 Å². The van der Waals surface area contributed by atoms with E-state index in [1.54, 1.807) is 18.2 Å². The average molecular weight is 332 g/mol. The van der Waals surface area contributed by atoms with Gasteiger partial charge in [0, 0.05) is 10.5 Å². The summed E-state index contributed by atoms with van der Waals surface area (Å²) in [6.45, 7) is 0.497. The fourth-order valence-corrected chi connectivity index (χ4v) is 2.09. The lowest BCUT2D eigenvalue weighted by molar-refractivity contribution is 0.306. The second-order valence-electron chi connectivity index (χ2n) is 3.49. The van der Waals surface area contributed by atoms with Crippen molar-refractivity contribution in [2.45, 2.75) is 6.61 Å². The van der Waals surface area contributed by atoms with Crippen molar-refractivity contribution < 1.29 is 4.74 Å². The van der Waals surface area contributed by atoms with E-state index in [0.717, 1.165) is 10.0 Å². The van der Waals surface area contributed by atoms with E-state index in [1.165, 1.54) is 0 Å². The van der Waals surface area contributed by atoms with Crippen molar-refractivity contribution in [1.82, 2.24) is 0 Å². The molecule has 0 aliphatic heterocycles. The molecule has 2 aromatic rings. The van der Waals surface area contributed by atoms with E-state index >= 15 is 0 Å². The molecule has 0 spiro atoms. The highest BCUT2D eigenvalue weighted by Gasteiger charge is 2.01. The highest BCUT2D eigenvalue weighted by atomic mass is 79.9. The lowest BCUT2D eigenvalue weighted by atomic mass is 10.2. The molecule has 2 aromatic carbocycles. The van der Waals surface area contributed by atoms with Gasteiger partial charge in [0.05, 0.1) is 10.0 Å². The SMILES string of the molecule is Clc1ccc(OCc2cccc(Br)c2)cc1Cl. The van der Waals surface area contributed by atoms with Gasteiger partial charge < -0.3 is 4.74 Å². The maximum Gasteiger partial charge on any atom is 0.121 e. The summed E-state index contributed by atoms with van der Waals surface area (Å²) < 4.78 is 6.65. The molecule has 0 aromatic heterocycles. The van der Waals surface area contributed by atoms with Gasteiger partial charge in [0.1, 0.15) is 12.4 Å². The minimum Gasteiger partial charge on any atom is -0.489 e. The molecule has 0 heterocycles. The van der Waals surface area contributed by atoms with Crippen LogP contribution in [0.15, 0.2) is 46.9 Å². The molecule has 0 aliphatic rings. The first kappa shape index (κ1) is 12.7. The van der Waals surface area contributed by atoms with E-state index in [4.69, 9.17) is 27.9 Å². The Bertz CT molecular complexity index is 529. The van der Waals surface area contributed by atoms with Crippen LogP contribution in [0, 0.1) is 0 Å². The molecule has 0 fully saturated rings. The number of hydrogen-bond donors (Lipinski definition) is 0. The van der Waals surface area contributed by atoms with E-state index in [-0.39, 0.29) is 0 Å². The highest BCUT2D eigenvalue weighted by Crippen LogP contribution is 2.26. The minimum atomic E-state index is 0.497. The standard InChI is InChI=1S/C13H9BrCl2O/c14-10-3-1-2-9(6-10)8-17-11-4-5-12(15)13(16)7-11/h1-7H,8H2. The zero-order chi connectivity index (χ0) is 12.3. The van der Waals surface area contributed by atoms with Crippen LogP contribution < -0.4 is 4.74 Å². The Morgan fingerprint density at radius 1 is 1.00 bits per heavy atom. The quantitative estimate of drug-likeness (QED) is 0.738. The molecule has 2 rings (SSSR count). The van der Waals surface area contributed by atoms with Crippen molar-refractivity contribution in [2.75, 3.05) is 0 Å². The Kier molecular flexibility index (Phi) is 4.32.